The molecular formula is C13H13BrN2O2. The molecule has 0 aliphatic rings. The van der Waals surface area contributed by atoms with Gasteiger partial charge in [-0.1, -0.05) is 28.1 Å². The highest BCUT2D eigenvalue weighted by atomic mass is 79.9. The van der Waals surface area contributed by atoms with Crippen LogP contribution in [-0.2, 0) is 19.9 Å². The highest BCUT2D eigenvalue weighted by molar-refractivity contribution is 9.10. The zero-order valence-electron chi connectivity index (χ0n) is 9.93. The molecule has 0 aliphatic carbocycles. The lowest BCUT2D eigenvalue weighted by atomic mass is 10.1. The maximum Gasteiger partial charge on any atom is 0.356 e. The van der Waals surface area contributed by atoms with Crippen molar-refractivity contribution < 1.29 is 9.90 Å². The Hall–Kier alpha value is -1.62. The van der Waals surface area contributed by atoms with E-state index in [9.17, 15) is 4.79 Å². The third-order valence-electron chi connectivity index (χ3n) is 2.83. The van der Waals surface area contributed by atoms with E-state index in [1.807, 2.05) is 31.3 Å². The van der Waals surface area contributed by atoms with Crippen molar-refractivity contribution in [2.45, 2.75) is 12.8 Å². The molecule has 0 bridgehead atoms. The van der Waals surface area contributed by atoms with Gasteiger partial charge in [0, 0.05) is 11.5 Å². The first-order valence-electron chi connectivity index (χ1n) is 5.56. The van der Waals surface area contributed by atoms with Gasteiger partial charge < -0.3 is 9.67 Å². The number of carboxylic acids is 1. The summed E-state index contributed by atoms with van der Waals surface area (Å²) >= 11 is 3.39. The van der Waals surface area contributed by atoms with E-state index >= 15 is 0 Å². The third kappa shape index (κ3) is 2.79. The minimum atomic E-state index is -0.971. The second-order valence-electron chi connectivity index (χ2n) is 4.08. The van der Waals surface area contributed by atoms with Crippen LogP contribution in [0.4, 0.5) is 0 Å². The zero-order valence-corrected chi connectivity index (χ0v) is 11.5. The lowest BCUT2D eigenvalue weighted by molar-refractivity contribution is 0.0689. The summed E-state index contributed by atoms with van der Waals surface area (Å²) in [6.45, 7) is 0. The minimum absolute atomic E-state index is 0.148. The van der Waals surface area contributed by atoms with E-state index in [2.05, 4.69) is 20.9 Å². The fourth-order valence-electron chi connectivity index (χ4n) is 1.84. The Morgan fingerprint density at radius 1 is 1.33 bits per heavy atom. The number of imidazole rings is 1. The Kier molecular flexibility index (Phi) is 3.81. The first-order chi connectivity index (χ1) is 8.58. The van der Waals surface area contributed by atoms with Crippen LogP contribution < -0.4 is 0 Å². The van der Waals surface area contributed by atoms with Crippen LogP contribution in [0.2, 0.25) is 0 Å². The number of benzene rings is 1. The monoisotopic (exact) mass is 308 g/mol. The first kappa shape index (κ1) is 12.8. The van der Waals surface area contributed by atoms with Crippen molar-refractivity contribution in [1.29, 1.82) is 0 Å². The molecule has 0 radical (unpaired) electrons. The SMILES string of the molecule is Cn1cnc(C(=O)O)c1CCc1ccc(Br)cc1. The molecular weight excluding hydrogens is 296 g/mol. The summed E-state index contributed by atoms with van der Waals surface area (Å²) in [6.07, 6.45) is 3.01. The Labute approximate surface area is 113 Å². The van der Waals surface area contributed by atoms with Gasteiger partial charge in [0.05, 0.1) is 12.0 Å². The van der Waals surface area contributed by atoms with Gasteiger partial charge in [-0.25, -0.2) is 9.78 Å². The molecule has 0 saturated heterocycles. The Bertz CT molecular complexity index is 561. The molecule has 0 fully saturated rings. The van der Waals surface area contributed by atoms with Crippen LogP contribution in [0, 0.1) is 0 Å². The van der Waals surface area contributed by atoms with Gasteiger partial charge >= 0.3 is 5.97 Å². The summed E-state index contributed by atoms with van der Waals surface area (Å²) in [4.78, 5) is 14.9. The molecule has 5 heteroatoms. The van der Waals surface area contributed by atoms with Gasteiger partial charge in [0.15, 0.2) is 5.69 Å². The standard InChI is InChI=1S/C13H13BrN2O2/c1-16-8-15-12(13(17)18)11(16)7-4-9-2-5-10(14)6-3-9/h2-3,5-6,8H,4,7H2,1H3,(H,17,18). The number of nitrogens with zero attached hydrogens (tertiary/aromatic N) is 2. The number of aromatic carboxylic acids is 1. The molecule has 1 N–H and O–H groups in total. The van der Waals surface area contributed by atoms with E-state index in [1.165, 1.54) is 5.56 Å². The van der Waals surface area contributed by atoms with Crippen molar-refractivity contribution >= 4 is 21.9 Å². The van der Waals surface area contributed by atoms with Crippen molar-refractivity contribution in [3.8, 4) is 0 Å². The van der Waals surface area contributed by atoms with Crippen LogP contribution in [0.3, 0.4) is 0 Å². The van der Waals surface area contributed by atoms with Crippen LogP contribution in [0.25, 0.3) is 0 Å². The molecule has 0 atom stereocenters. The lowest BCUT2D eigenvalue weighted by Crippen LogP contribution is -2.06. The van der Waals surface area contributed by atoms with Crippen LogP contribution in [0.5, 0.6) is 0 Å². The van der Waals surface area contributed by atoms with Crippen molar-refractivity contribution in [2.75, 3.05) is 0 Å². The molecule has 1 aromatic carbocycles. The van der Waals surface area contributed by atoms with Crippen molar-refractivity contribution in [1.82, 2.24) is 9.55 Å². The molecule has 4 nitrogen and oxygen atoms in total. The summed E-state index contributed by atoms with van der Waals surface area (Å²) in [5.41, 5.74) is 2.08. The van der Waals surface area contributed by atoms with E-state index in [1.54, 1.807) is 10.9 Å². The zero-order chi connectivity index (χ0) is 13.1. The molecule has 1 heterocycles. The maximum absolute atomic E-state index is 11.0. The summed E-state index contributed by atoms with van der Waals surface area (Å²) in [5, 5.41) is 9.03. The van der Waals surface area contributed by atoms with Crippen molar-refractivity contribution in [3.05, 3.63) is 52.0 Å². The molecule has 0 aliphatic heterocycles. The van der Waals surface area contributed by atoms with E-state index in [-0.39, 0.29) is 5.69 Å². The number of aromatic nitrogens is 2. The fraction of sp³-hybridized carbons (Fsp3) is 0.231. The summed E-state index contributed by atoms with van der Waals surface area (Å²) in [7, 11) is 1.82. The number of carbonyl (C=O) groups is 1. The average Bonchev–Trinajstić information content (AvgIpc) is 2.70. The van der Waals surface area contributed by atoms with Crippen molar-refractivity contribution in [3.63, 3.8) is 0 Å². The molecule has 2 aromatic rings. The molecule has 0 amide bonds. The number of aryl methyl sites for hydroxylation is 2. The summed E-state index contributed by atoms with van der Waals surface area (Å²) in [5.74, 6) is -0.971. The second-order valence-corrected chi connectivity index (χ2v) is 5.00. The van der Waals surface area contributed by atoms with Crippen LogP contribution in [0.15, 0.2) is 35.1 Å². The molecule has 0 unspecified atom stereocenters. The Morgan fingerprint density at radius 3 is 2.61 bits per heavy atom. The molecule has 0 saturated carbocycles. The summed E-state index contributed by atoms with van der Waals surface area (Å²) < 4.78 is 2.81. The third-order valence-corrected chi connectivity index (χ3v) is 3.35. The van der Waals surface area contributed by atoms with Gasteiger partial charge in [-0.15, -0.1) is 0 Å². The normalized spacial score (nSPS) is 10.6. The predicted molar refractivity (Wildman–Crippen MR) is 71.7 cm³/mol. The molecule has 1 aromatic heterocycles. The first-order valence-corrected chi connectivity index (χ1v) is 6.35. The molecule has 2 rings (SSSR count). The topological polar surface area (TPSA) is 55.1 Å². The van der Waals surface area contributed by atoms with E-state index < -0.39 is 5.97 Å². The van der Waals surface area contributed by atoms with Crippen LogP contribution >= 0.6 is 15.9 Å². The van der Waals surface area contributed by atoms with Gasteiger partial charge in [0.2, 0.25) is 0 Å². The Morgan fingerprint density at radius 2 is 2.00 bits per heavy atom. The van der Waals surface area contributed by atoms with Crippen LogP contribution in [-0.4, -0.2) is 20.6 Å². The average molecular weight is 309 g/mol. The molecule has 18 heavy (non-hydrogen) atoms. The van der Waals surface area contributed by atoms with Gasteiger partial charge in [0.1, 0.15) is 0 Å². The quantitative estimate of drug-likeness (QED) is 0.944. The van der Waals surface area contributed by atoms with Gasteiger partial charge in [0.25, 0.3) is 0 Å². The Balaban J connectivity index is 2.12. The predicted octanol–water partition coefficient (Wildman–Crippen LogP) is 2.67. The number of hydrogen-bond acceptors (Lipinski definition) is 2. The molecule has 94 valence electrons. The van der Waals surface area contributed by atoms with E-state index in [0.29, 0.717) is 6.42 Å². The maximum atomic E-state index is 11.0. The van der Waals surface area contributed by atoms with E-state index in [4.69, 9.17) is 5.11 Å². The highest BCUT2D eigenvalue weighted by Crippen LogP contribution is 2.14. The van der Waals surface area contributed by atoms with Crippen molar-refractivity contribution in [2.24, 2.45) is 7.05 Å². The highest BCUT2D eigenvalue weighted by Gasteiger charge is 2.15. The fourth-order valence-corrected chi connectivity index (χ4v) is 2.11. The summed E-state index contributed by atoms with van der Waals surface area (Å²) in [6, 6.07) is 8.02. The smallest absolute Gasteiger partial charge is 0.356 e. The lowest BCUT2D eigenvalue weighted by Gasteiger charge is -2.04. The number of rotatable bonds is 4. The number of hydrogen-bond donors (Lipinski definition) is 1. The van der Waals surface area contributed by atoms with Crippen LogP contribution in [0.1, 0.15) is 21.7 Å². The molecule has 0 spiro atoms. The number of carboxylic acid groups (broad SMARTS) is 1. The van der Waals surface area contributed by atoms with Gasteiger partial charge in [-0.3, -0.25) is 0 Å². The minimum Gasteiger partial charge on any atom is -0.476 e. The van der Waals surface area contributed by atoms with Gasteiger partial charge in [-0.05, 0) is 30.5 Å². The van der Waals surface area contributed by atoms with E-state index in [0.717, 1.165) is 16.6 Å². The second kappa shape index (κ2) is 5.35. The van der Waals surface area contributed by atoms with Gasteiger partial charge in [-0.2, -0.15) is 0 Å². The number of halogens is 1. The largest absolute Gasteiger partial charge is 0.476 e.